The van der Waals surface area contributed by atoms with E-state index in [-0.39, 0.29) is 46.5 Å². The van der Waals surface area contributed by atoms with E-state index in [4.69, 9.17) is 0 Å². The van der Waals surface area contributed by atoms with E-state index < -0.39 is 16.1 Å². The van der Waals surface area contributed by atoms with Gasteiger partial charge in [0.1, 0.15) is 0 Å². The van der Waals surface area contributed by atoms with Gasteiger partial charge in [0.2, 0.25) is 0 Å². The molecule has 0 nitrogen and oxygen atoms in total. The molecule has 0 atom stereocenters. The monoisotopic (exact) mass is 1410 g/mol. The van der Waals surface area contributed by atoms with Gasteiger partial charge < -0.3 is 24.8 Å². The van der Waals surface area contributed by atoms with Crippen LogP contribution >= 0.6 is 0 Å². The van der Waals surface area contributed by atoms with E-state index in [9.17, 15) is 0 Å². The van der Waals surface area contributed by atoms with Crippen LogP contribution in [0.5, 0.6) is 0 Å². The second-order valence-electron chi connectivity index (χ2n) is 29.8. The van der Waals surface area contributed by atoms with Gasteiger partial charge in [0.05, 0.1) is 0 Å². The van der Waals surface area contributed by atoms with Crippen LogP contribution in [-0.2, 0) is 83.0 Å². The first-order valence-electron chi connectivity index (χ1n) is 31.6. The van der Waals surface area contributed by atoms with Gasteiger partial charge in [-0.2, -0.15) is 70.8 Å². The van der Waals surface area contributed by atoms with Gasteiger partial charge in [-0.3, -0.25) is 12.2 Å². The number of rotatable bonds is 6. The maximum absolute atomic E-state index is 3.53. The van der Waals surface area contributed by atoms with Gasteiger partial charge in [0.15, 0.2) is 0 Å². The van der Waals surface area contributed by atoms with Gasteiger partial charge in [-0.25, -0.2) is 22.5 Å². The Morgan fingerprint density at radius 3 is 0.844 bits per heavy atom. The number of fused-ring (bicyclic) bond motifs is 6. The zero-order valence-electron chi connectivity index (χ0n) is 57.2. The summed E-state index contributed by atoms with van der Waals surface area (Å²) in [6, 6.07) is 72.3. The Bertz CT molecular complexity index is 3330. The van der Waals surface area contributed by atoms with Crippen LogP contribution in [0.2, 0.25) is 39.3 Å². The molecule has 0 N–H and O–H groups in total. The van der Waals surface area contributed by atoms with E-state index in [0.717, 1.165) is 25.7 Å². The summed E-state index contributed by atoms with van der Waals surface area (Å²) in [5.74, 6) is 0. The van der Waals surface area contributed by atoms with E-state index in [1.807, 2.05) is 0 Å². The summed E-state index contributed by atoms with van der Waals surface area (Å²) in [6.45, 7) is 41.5. The number of hydrogen-bond donors (Lipinski definition) is 0. The summed E-state index contributed by atoms with van der Waals surface area (Å²) in [4.78, 5) is 0. The van der Waals surface area contributed by atoms with Crippen LogP contribution in [0, 0.1) is 24.3 Å². The Morgan fingerprint density at radius 2 is 0.622 bits per heavy atom. The zero-order chi connectivity index (χ0) is 64.2. The molecule has 0 heterocycles. The molecule has 8 aromatic rings. The quantitative estimate of drug-likeness (QED) is 0.115. The average Bonchev–Trinajstić information content (AvgIpc) is 1.63. The molecule has 0 spiro atoms. The Morgan fingerprint density at radius 1 is 0.356 bits per heavy atom. The van der Waals surface area contributed by atoms with Gasteiger partial charge in [-0.15, -0.1) is 24.0 Å². The molecule has 0 radical (unpaired) electrons. The number of hydrogen-bond acceptors (Lipinski definition) is 0. The molecule has 0 saturated carbocycles. The Hall–Kier alpha value is -4.76. The minimum absolute atomic E-state index is 0. The van der Waals surface area contributed by atoms with Crippen LogP contribution in [0.15, 0.2) is 217 Å². The number of halogens is 2. The van der Waals surface area contributed by atoms with Crippen LogP contribution < -0.4 is 24.8 Å². The third-order valence-corrected chi connectivity index (χ3v) is 23.4. The zero-order valence-corrected chi connectivity index (χ0v) is 65.6. The molecule has 0 aromatic heterocycles. The molecule has 0 saturated heterocycles. The van der Waals surface area contributed by atoms with Crippen molar-refractivity contribution in [1.82, 2.24) is 0 Å². The summed E-state index contributed by atoms with van der Waals surface area (Å²) in [6.07, 6.45) is 19.4. The minimum atomic E-state index is -0.981. The predicted molar refractivity (Wildman–Crippen MR) is 382 cm³/mol. The molecule has 0 fully saturated rings. The van der Waals surface area contributed by atoms with Crippen molar-refractivity contribution in [2.75, 3.05) is 0 Å². The summed E-state index contributed by atoms with van der Waals surface area (Å²) >= 11 is 2.92. The van der Waals surface area contributed by atoms with Crippen molar-refractivity contribution in [2.45, 2.75) is 170 Å². The molecule has 0 bridgehead atoms. The molecular formula is C84H96Cl2Si2Zr2-2. The summed E-state index contributed by atoms with van der Waals surface area (Å²) in [7, 11) is -1.96. The first kappa shape index (κ1) is 76.0. The first-order valence-corrected chi connectivity index (χ1v) is 41.1. The second-order valence-corrected chi connectivity index (χ2v) is 42.4. The first-order chi connectivity index (χ1) is 41.3. The van der Waals surface area contributed by atoms with Gasteiger partial charge in [0, 0.05) is 0 Å². The third kappa shape index (κ3) is 21.7. The topological polar surface area (TPSA) is 0 Å². The predicted octanol–water partition coefficient (Wildman–Crippen LogP) is 16.0. The van der Waals surface area contributed by atoms with E-state index in [2.05, 4.69) is 353 Å². The summed E-state index contributed by atoms with van der Waals surface area (Å²) < 4.78 is 2.83. The van der Waals surface area contributed by atoms with E-state index in [1.165, 1.54) is 144 Å². The normalized spacial score (nSPS) is 13.3. The standard InChI is InChI=1S/2C21H25.2C13H10.2C8H13Si.2ClH.2Zr/c2*1-20(2,3)16-9-7-14-11-15-8-10-17(21(4,5)6)13-19(15)18(14)12-16;2*1-3-7-12(8-4-1)11-13-9-5-2-6-10-13;2*1-9(2,3)8-6-4-5-7-8;;;;/h2*7,9-10,12-13H,11H2,1-6H3;2*1-10H;2*6-7H,4H2,1-3H3;2*1H;;/q2*-1;;;2*-1;;;2*+2/p-2. The molecule has 90 heavy (non-hydrogen) atoms. The van der Waals surface area contributed by atoms with Crippen molar-refractivity contribution in [3.63, 3.8) is 0 Å². The van der Waals surface area contributed by atoms with E-state index >= 15 is 0 Å². The maximum atomic E-state index is 3.53. The molecule has 12 rings (SSSR count). The van der Waals surface area contributed by atoms with Crippen molar-refractivity contribution in [2.24, 2.45) is 0 Å². The molecule has 6 heteroatoms. The van der Waals surface area contributed by atoms with Gasteiger partial charge >= 0.3 is 198 Å². The van der Waals surface area contributed by atoms with Crippen molar-refractivity contribution in [3.8, 4) is 22.3 Å². The number of allylic oxidation sites excluding steroid dienone is 8. The second kappa shape index (κ2) is 32.9. The van der Waals surface area contributed by atoms with Crippen LogP contribution in [0.4, 0.5) is 0 Å². The fourth-order valence-corrected chi connectivity index (χ4v) is 14.7. The third-order valence-electron chi connectivity index (χ3n) is 16.4. The van der Waals surface area contributed by atoms with Crippen LogP contribution in [-0.4, -0.2) is 22.6 Å². The Balaban J connectivity index is 0.000000201. The Labute approximate surface area is 589 Å². The van der Waals surface area contributed by atoms with Crippen molar-refractivity contribution < 1.29 is 73.3 Å². The molecule has 0 unspecified atom stereocenters. The average molecular weight is 1420 g/mol. The van der Waals surface area contributed by atoms with Crippen LogP contribution in [0.3, 0.4) is 0 Å². The van der Waals surface area contributed by atoms with E-state index in [0.29, 0.717) is 0 Å². The molecule has 0 aliphatic heterocycles. The van der Waals surface area contributed by atoms with Crippen LogP contribution in [0.1, 0.15) is 163 Å². The van der Waals surface area contributed by atoms with Crippen molar-refractivity contribution >= 4 is 22.6 Å². The van der Waals surface area contributed by atoms with Gasteiger partial charge in [-0.05, 0) is 50.9 Å². The number of benzene rings is 8. The van der Waals surface area contributed by atoms with Gasteiger partial charge in [-0.1, -0.05) is 192 Å². The Kier molecular flexibility index (Phi) is 27.7. The van der Waals surface area contributed by atoms with Gasteiger partial charge in [0.25, 0.3) is 0 Å². The van der Waals surface area contributed by atoms with Crippen molar-refractivity contribution in [1.29, 1.82) is 0 Å². The molecule has 0 amide bonds. The molecule has 4 aliphatic carbocycles. The molecule has 4 aliphatic rings. The van der Waals surface area contributed by atoms with E-state index in [1.54, 1.807) is 10.4 Å². The molecule has 8 aromatic carbocycles. The summed E-state index contributed by atoms with van der Waals surface area (Å²) in [5.41, 5.74) is 22.8. The SMILES string of the molecule is CC(C)(C)c1c[c-]c2c(c1)-c1cc(C(C)(C)C)ccc1C2.CC(C)(C)c1c[c-]c2c(c1)-c1cc(C(C)(C)C)ccc1C2.C[Si](C)(C)C1=CC[C-]=C1.C[Si](C)(C)C1=CC[C-]=C1.[Cl-].[Cl-].[Zr+2]=[C](c1ccccc1)c1ccccc1.[Zr+2]=[C](c1ccccc1)c1ccccc1. The fourth-order valence-electron chi connectivity index (χ4n) is 10.6. The molecule has 464 valence electrons. The summed E-state index contributed by atoms with van der Waals surface area (Å²) in [5, 5.41) is 3.12. The molecular weight excluding hydrogens is 1320 g/mol. The van der Waals surface area contributed by atoms with Crippen LogP contribution in [0.25, 0.3) is 22.3 Å². The van der Waals surface area contributed by atoms with Crippen molar-refractivity contribution in [3.05, 3.63) is 308 Å². The fraction of sp³-hybridized carbons (Fsp3) is 0.310.